The molecule has 3 N–H and O–H groups in total. The smallest absolute Gasteiger partial charge is 0.132 e. The van der Waals surface area contributed by atoms with Gasteiger partial charge in [-0.1, -0.05) is 10.6 Å². The maximum atomic E-state index is 13.8. The molecule has 0 aliphatic rings. The van der Waals surface area contributed by atoms with Crippen LogP contribution in [-0.2, 0) is 0 Å². The predicted octanol–water partition coefficient (Wildman–Crippen LogP) is 1.24. The van der Waals surface area contributed by atoms with Crippen molar-refractivity contribution < 1.29 is 9.13 Å². The Labute approximate surface area is 102 Å². The summed E-state index contributed by atoms with van der Waals surface area (Å²) in [6.07, 6.45) is 0. The third kappa shape index (κ3) is 2.41. The van der Waals surface area contributed by atoms with Crippen molar-refractivity contribution in [1.82, 2.24) is 15.0 Å². The number of hydrogen-bond donors (Lipinski definition) is 2. The molecule has 0 bridgehead atoms. The summed E-state index contributed by atoms with van der Waals surface area (Å²) in [6, 6.07) is 4.07. The molecule has 0 spiro atoms. The Balaban J connectivity index is 2.38. The van der Waals surface area contributed by atoms with Crippen LogP contribution >= 0.6 is 11.5 Å². The van der Waals surface area contributed by atoms with Crippen LogP contribution in [0.2, 0.25) is 0 Å². The van der Waals surface area contributed by atoms with E-state index in [0.717, 1.165) is 0 Å². The molecule has 1 unspecified atom stereocenters. The average molecular weight is 254 g/mol. The van der Waals surface area contributed by atoms with Gasteiger partial charge in [0.2, 0.25) is 0 Å². The summed E-state index contributed by atoms with van der Waals surface area (Å²) in [7, 11) is 1.48. The molecule has 5 nitrogen and oxygen atoms in total. The second-order valence-electron chi connectivity index (χ2n) is 3.32. The van der Waals surface area contributed by atoms with Crippen LogP contribution in [0.5, 0.6) is 5.75 Å². The average Bonchev–Trinajstić information content (AvgIpc) is 2.85. The maximum absolute atomic E-state index is 13.8. The van der Waals surface area contributed by atoms with Crippen LogP contribution in [0.25, 0.3) is 0 Å². The van der Waals surface area contributed by atoms with Crippen molar-refractivity contribution in [2.24, 2.45) is 5.84 Å². The van der Waals surface area contributed by atoms with Crippen molar-refractivity contribution >= 4 is 11.5 Å². The van der Waals surface area contributed by atoms with Gasteiger partial charge in [-0.05, 0) is 17.6 Å². The van der Waals surface area contributed by atoms with Gasteiger partial charge in [-0.25, -0.2) is 9.82 Å². The van der Waals surface area contributed by atoms with Gasteiger partial charge in [-0.2, -0.15) is 0 Å². The molecule has 1 heterocycles. The monoisotopic (exact) mass is 254 g/mol. The van der Waals surface area contributed by atoms with E-state index >= 15 is 0 Å². The fourth-order valence-electron chi connectivity index (χ4n) is 1.50. The van der Waals surface area contributed by atoms with Crippen molar-refractivity contribution in [2.45, 2.75) is 6.04 Å². The van der Waals surface area contributed by atoms with Crippen LogP contribution in [-0.4, -0.2) is 16.7 Å². The lowest BCUT2D eigenvalue weighted by molar-refractivity contribution is 0.410. The fourth-order valence-corrected chi connectivity index (χ4v) is 1.98. The molecule has 0 aliphatic carbocycles. The molecule has 90 valence electrons. The predicted molar refractivity (Wildman–Crippen MR) is 62.0 cm³/mol. The standard InChI is InChI=1S/C10H11FN4OS/c1-16-6-2-3-7(8(11)4-6)10(13-12)9-5-17-15-14-9/h2-5,10,13H,12H2,1H3. The quantitative estimate of drug-likeness (QED) is 0.634. The lowest BCUT2D eigenvalue weighted by Crippen LogP contribution is -2.29. The summed E-state index contributed by atoms with van der Waals surface area (Å²) < 4.78 is 22.5. The number of nitrogens with one attached hydrogen (secondary N) is 1. The number of rotatable bonds is 4. The van der Waals surface area contributed by atoms with E-state index < -0.39 is 11.9 Å². The maximum Gasteiger partial charge on any atom is 0.132 e. The van der Waals surface area contributed by atoms with Crippen LogP contribution in [0.15, 0.2) is 23.6 Å². The van der Waals surface area contributed by atoms with E-state index in [-0.39, 0.29) is 0 Å². The minimum Gasteiger partial charge on any atom is -0.497 e. The number of aromatic nitrogens is 2. The van der Waals surface area contributed by atoms with E-state index in [1.165, 1.54) is 24.7 Å². The largest absolute Gasteiger partial charge is 0.497 e. The van der Waals surface area contributed by atoms with E-state index in [1.54, 1.807) is 17.5 Å². The lowest BCUT2D eigenvalue weighted by Gasteiger charge is -2.14. The summed E-state index contributed by atoms with van der Waals surface area (Å²) in [4.78, 5) is 0. The van der Waals surface area contributed by atoms with E-state index in [4.69, 9.17) is 10.6 Å². The molecule has 17 heavy (non-hydrogen) atoms. The Morgan fingerprint density at radius 2 is 2.35 bits per heavy atom. The zero-order valence-electron chi connectivity index (χ0n) is 9.05. The number of methoxy groups -OCH3 is 1. The Morgan fingerprint density at radius 3 is 2.88 bits per heavy atom. The molecule has 0 saturated heterocycles. The molecule has 0 fully saturated rings. The normalized spacial score (nSPS) is 12.4. The molecule has 1 atom stereocenters. The first kappa shape index (κ1) is 11.9. The van der Waals surface area contributed by atoms with E-state index in [0.29, 0.717) is 17.0 Å². The van der Waals surface area contributed by atoms with Crippen molar-refractivity contribution in [3.63, 3.8) is 0 Å². The summed E-state index contributed by atoms with van der Waals surface area (Å²) in [6.45, 7) is 0. The molecule has 0 saturated carbocycles. The van der Waals surface area contributed by atoms with Gasteiger partial charge in [0, 0.05) is 17.0 Å². The molecular weight excluding hydrogens is 243 g/mol. The Morgan fingerprint density at radius 1 is 1.53 bits per heavy atom. The second kappa shape index (κ2) is 5.17. The van der Waals surface area contributed by atoms with E-state index in [1.807, 2.05) is 0 Å². The third-order valence-electron chi connectivity index (χ3n) is 2.36. The molecular formula is C10H11FN4OS. The first-order chi connectivity index (χ1) is 8.26. The van der Waals surface area contributed by atoms with Gasteiger partial charge in [-0.3, -0.25) is 5.84 Å². The highest BCUT2D eigenvalue weighted by molar-refractivity contribution is 7.03. The number of hydrogen-bond acceptors (Lipinski definition) is 6. The van der Waals surface area contributed by atoms with Crippen molar-refractivity contribution in [2.75, 3.05) is 7.11 Å². The first-order valence-electron chi connectivity index (χ1n) is 4.82. The summed E-state index contributed by atoms with van der Waals surface area (Å²) in [5.41, 5.74) is 3.51. The van der Waals surface area contributed by atoms with Gasteiger partial charge in [0.05, 0.1) is 18.8 Å². The van der Waals surface area contributed by atoms with E-state index in [9.17, 15) is 4.39 Å². The minimum absolute atomic E-state index is 0.403. The number of nitrogens with two attached hydrogens (primary N) is 1. The van der Waals surface area contributed by atoms with Gasteiger partial charge in [-0.15, -0.1) is 5.10 Å². The highest BCUT2D eigenvalue weighted by atomic mass is 32.1. The third-order valence-corrected chi connectivity index (χ3v) is 2.88. The molecule has 7 heteroatoms. The molecule has 2 aromatic rings. The fraction of sp³-hybridized carbons (Fsp3) is 0.200. The van der Waals surface area contributed by atoms with E-state index in [2.05, 4.69) is 15.0 Å². The van der Waals surface area contributed by atoms with Crippen LogP contribution in [0.3, 0.4) is 0 Å². The molecule has 1 aromatic heterocycles. The summed E-state index contributed by atoms with van der Waals surface area (Å²) >= 11 is 1.19. The highest BCUT2D eigenvalue weighted by Crippen LogP contribution is 2.25. The second-order valence-corrected chi connectivity index (χ2v) is 3.93. The number of benzene rings is 1. The molecule has 1 aromatic carbocycles. The lowest BCUT2D eigenvalue weighted by atomic mass is 10.0. The number of nitrogens with zero attached hydrogens (tertiary/aromatic N) is 2. The molecule has 2 rings (SSSR count). The molecule has 0 aliphatic heterocycles. The van der Waals surface area contributed by atoms with Crippen molar-refractivity contribution in [1.29, 1.82) is 0 Å². The zero-order chi connectivity index (χ0) is 12.3. The van der Waals surface area contributed by atoms with Gasteiger partial charge in [0.1, 0.15) is 11.6 Å². The van der Waals surface area contributed by atoms with Crippen LogP contribution in [0, 0.1) is 5.82 Å². The van der Waals surface area contributed by atoms with Gasteiger partial charge < -0.3 is 4.74 Å². The molecule has 0 amide bonds. The minimum atomic E-state index is -0.514. The number of halogens is 1. The van der Waals surface area contributed by atoms with Crippen LogP contribution in [0.1, 0.15) is 17.3 Å². The number of ether oxygens (including phenoxy) is 1. The summed E-state index contributed by atoms with van der Waals surface area (Å²) in [5.74, 6) is 5.48. The van der Waals surface area contributed by atoms with Gasteiger partial charge in [0.25, 0.3) is 0 Å². The SMILES string of the molecule is COc1ccc(C(NN)c2csnn2)c(F)c1. The Bertz CT molecular complexity index is 491. The first-order valence-corrected chi connectivity index (χ1v) is 5.66. The van der Waals surface area contributed by atoms with Crippen LogP contribution in [0.4, 0.5) is 4.39 Å². The summed E-state index contributed by atoms with van der Waals surface area (Å²) in [5, 5.41) is 5.59. The molecule has 0 radical (unpaired) electrons. The Hall–Kier alpha value is -1.57. The van der Waals surface area contributed by atoms with Gasteiger partial charge >= 0.3 is 0 Å². The topological polar surface area (TPSA) is 73.1 Å². The van der Waals surface area contributed by atoms with Crippen molar-refractivity contribution in [3.05, 3.63) is 40.7 Å². The zero-order valence-corrected chi connectivity index (χ0v) is 9.87. The van der Waals surface area contributed by atoms with Gasteiger partial charge in [0.15, 0.2) is 0 Å². The van der Waals surface area contributed by atoms with Crippen molar-refractivity contribution in [3.8, 4) is 5.75 Å². The van der Waals surface area contributed by atoms with Crippen LogP contribution < -0.4 is 16.0 Å². The Kier molecular flexibility index (Phi) is 3.62. The number of hydrazine groups is 1. The highest BCUT2D eigenvalue weighted by Gasteiger charge is 2.19.